The Morgan fingerprint density at radius 2 is 2.10 bits per heavy atom. The number of halogens is 1. The highest BCUT2D eigenvalue weighted by molar-refractivity contribution is 9.10. The Morgan fingerprint density at radius 1 is 1.40 bits per heavy atom. The van der Waals surface area contributed by atoms with E-state index < -0.39 is 0 Å². The quantitative estimate of drug-likeness (QED) is 0.914. The van der Waals surface area contributed by atoms with Crippen molar-refractivity contribution in [3.05, 3.63) is 33.8 Å². The molecule has 1 amide bonds. The largest absolute Gasteiger partial charge is 0.352 e. The fraction of sp³-hybridized carbons (Fsp3) is 0.562. The Morgan fingerprint density at radius 3 is 2.70 bits per heavy atom. The molecule has 0 unspecified atom stereocenters. The third-order valence-electron chi connectivity index (χ3n) is 4.14. The monoisotopic (exact) mass is 338 g/mol. The summed E-state index contributed by atoms with van der Waals surface area (Å²) < 4.78 is 0.987. The normalized spacial score (nSPS) is 17.1. The first-order valence-electron chi connectivity index (χ1n) is 7.37. The number of piperidine rings is 1. The van der Waals surface area contributed by atoms with E-state index in [1.165, 1.54) is 12.8 Å². The molecule has 0 radical (unpaired) electrons. The maximum atomic E-state index is 12.1. The van der Waals surface area contributed by atoms with Gasteiger partial charge in [-0.2, -0.15) is 0 Å². The smallest absolute Gasteiger partial charge is 0.251 e. The third kappa shape index (κ3) is 4.06. The van der Waals surface area contributed by atoms with Gasteiger partial charge in [0.05, 0.1) is 0 Å². The van der Waals surface area contributed by atoms with Crippen LogP contribution in [0.5, 0.6) is 0 Å². The van der Waals surface area contributed by atoms with Crippen molar-refractivity contribution in [2.75, 3.05) is 26.2 Å². The van der Waals surface area contributed by atoms with Gasteiger partial charge in [0.15, 0.2) is 0 Å². The number of benzene rings is 1. The van der Waals surface area contributed by atoms with Gasteiger partial charge in [-0.25, -0.2) is 0 Å². The van der Waals surface area contributed by atoms with Crippen molar-refractivity contribution in [3.63, 3.8) is 0 Å². The van der Waals surface area contributed by atoms with Gasteiger partial charge in [0.25, 0.3) is 5.91 Å². The number of hydrogen-bond donors (Lipinski definition) is 1. The van der Waals surface area contributed by atoms with Gasteiger partial charge in [-0.05, 0) is 63.0 Å². The number of carbonyl (C=O) groups is 1. The molecule has 2 rings (SSSR count). The van der Waals surface area contributed by atoms with Crippen molar-refractivity contribution in [2.45, 2.75) is 26.7 Å². The molecule has 0 aromatic heterocycles. The van der Waals surface area contributed by atoms with Crippen molar-refractivity contribution in [1.82, 2.24) is 10.2 Å². The zero-order valence-electron chi connectivity index (χ0n) is 12.3. The second kappa shape index (κ2) is 7.23. The lowest BCUT2D eigenvalue weighted by Gasteiger charge is -2.31. The number of nitrogens with one attached hydrogen (secondary N) is 1. The van der Waals surface area contributed by atoms with Crippen LogP contribution < -0.4 is 5.32 Å². The van der Waals surface area contributed by atoms with Gasteiger partial charge in [-0.15, -0.1) is 0 Å². The molecule has 4 heteroatoms. The van der Waals surface area contributed by atoms with E-state index in [9.17, 15) is 4.79 Å². The molecule has 1 aliphatic rings. The zero-order valence-corrected chi connectivity index (χ0v) is 13.9. The molecule has 1 aliphatic heterocycles. The molecule has 0 atom stereocenters. The molecular formula is C16H23BrN2O. The molecule has 1 aromatic rings. The lowest BCUT2D eigenvalue weighted by Crippen LogP contribution is -2.38. The summed E-state index contributed by atoms with van der Waals surface area (Å²) in [5, 5.41) is 3.07. The van der Waals surface area contributed by atoms with Crippen molar-refractivity contribution in [3.8, 4) is 0 Å². The average molecular weight is 339 g/mol. The molecule has 110 valence electrons. The first-order valence-corrected chi connectivity index (χ1v) is 8.16. The van der Waals surface area contributed by atoms with Gasteiger partial charge < -0.3 is 10.2 Å². The molecule has 0 aliphatic carbocycles. The van der Waals surface area contributed by atoms with Gasteiger partial charge >= 0.3 is 0 Å². The third-order valence-corrected chi connectivity index (χ3v) is 4.99. The second-order valence-corrected chi connectivity index (χ2v) is 6.41. The van der Waals surface area contributed by atoms with Gasteiger partial charge in [0.1, 0.15) is 0 Å². The van der Waals surface area contributed by atoms with E-state index in [0.29, 0.717) is 5.92 Å². The average Bonchev–Trinajstić information content (AvgIpc) is 2.48. The standard InChI is InChI=1S/C16H23BrN2O/c1-3-19-8-6-13(7-9-19)11-18-16(20)14-5-4-12(2)15(17)10-14/h4-5,10,13H,3,6-9,11H2,1-2H3,(H,18,20). The summed E-state index contributed by atoms with van der Waals surface area (Å²) in [6, 6.07) is 5.75. The van der Waals surface area contributed by atoms with Crippen molar-refractivity contribution >= 4 is 21.8 Å². The maximum absolute atomic E-state index is 12.1. The fourth-order valence-electron chi connectivity index (χ4n) is 2.58. The van der Waals surface area contributed by atoms with Crippen LogP contribution in [0.25, 0.3) is 0 Å². The highest BCUT2D eigenvalue weighted by atomic mass is 79.9. The van der Waals surface area contributed by atoms with Crippen LogP contribution in [0.2, 0.25) is 0 Å². The Bertz CT molecular complexity index is 468. The molecule has 3 nitrogen and oxygen atoms in total. The van der Waals surface area contributed by atoms with Crippen LogP contribution in [0.3, 0.4) is 0 Å². The predicted molar refractivity (Wildman–Crippen MR) is 86.1 cm³/mol. The second-order valence-electron chi connectivity index (χ2n) is 5.55. The molecule has 20 heavy (non-hydrogen) atoms. The van der Waals surface area contributed by atoms with Crippen molar-refractivity contribution in [1.29, 1.82) is 0 Å². The summed E-state index contributed by atoms with van der Waals surface area (Å²) in [5.74, 6) is 0.652. The van der Waals surface area contributed by atoms with Crippen LogP contribution in [-0.4, -0.2) is 37.0 Å². The molecule has 0 saturated carbocycles. The van der Waals surface area contributed by atoms with E-state index in [0.717, 1.165) is 41.8 Å². The number of amides is 1. The van der Waals surface area contributed by atoms with Crippen LogP contribution in [0.4, 0.5) is 0 Å². The lowest BCUT2D eigenvalue weighted by molar-refractivity contribution is 0.0937. The van der Waals surface area contributed by atoms with Gasteiger partial charge in [0.2, 0.25) is 0 Å². The topological polar surface area (TPSA) is 32.3 Å². The van der Waals surface area contributed by atoms with E-state index in [2.05, 4.69) is 33.1 Å². The Hall–Kier alpha value is -0.870. The van der Waals surface area contributed by atoms with Crippen LogP contribution in [-0.2, 0) is 0 Å². The first kappa shape index (κ1) is 15.5. The molecule has 1 aromatic carbocycles. The van der Waals surface area contributed by atoms with Gasteiger partial charge in [-0.3, -0.25) is 4.79 Å². The molecule has 1 fully saturated rings. The minimum atomic E-state index is 0.0311. The summed E-state index contributed by atoms with van der Waals surface area (Å²) >= 11 is 3.47. The van der Waals surface area contributed by atoms with Gasteiger partial charge in [-0.1, -0.05) is 28.9 Å². The van der Waals surface area contributed by atoms with E-state index in [-0.39, 0.29) is 5.91 Å². The Labute approximate surface area is 129 Å². The van der Waals surface area contributed by atoms with E-state index in [1.807, 2.05) is 25.1 Å². The Kier molecular flexibility index (Phi) is 5.61. The summed E-state index contributed by atoms with van der Waals surface area (Å²) in [5.41, 5.74) is 1.88. The molecule has 0 spiro atoms. The van der Waals surface area contributed by atoms with E-state index in [4.69, 9.17) is 0 Å². The zero-order chi connectivity index (χ0) is 14.5. The molecule has 0 bridgehead atoms. The summed E-state index contributed by atoms with van der Waals surface area (Å²) in [4.78, 5) is 14.6. The maximum Gasteiger partial charge on any atom is 0.251 e. The van der Waals surface area contributed by atoms with Crippen LogP contribution in [0.1, 0.15) is 35.7 Å². The summed E-state index contributed by atoms with van der Waals surface area (Å²) in [7, 11) is 0. The molecule has 1 saturated heterocycles. The number of carbonyl (C=O) groups excluding carboxylic acids is 1. The number of hydrogen-bond acceptors (Lipinski definition) is 2. The van der Waals surface area contributed by atoms with Crippen LogP contribution >= 0.6 is 15.9 Å². The Balaban J connectivity index is 1.82. The van der Waals surface area contributed by atoms with E-state index in [1.54, 1.807) is 0 Å². The van der Waals surface area contributed by atoms with Crippen molar-refractivity contribution < 1.29 is 4.79 Å². The van der Waals surface area contributed by atoms with Crippen LogP contribution in [0, 0.1) is 12.8 Å². The molecule has 1 N–H and O–H groups in total. The minimum Gasteiger partial charge on any atom is -0.352 e. The van der Waals surface area contributed by atoms with Crippen LogP contribution in [0.15, 0.2) is 22.7 Å². The number of rotatable bonds is 4. The van der Waals surface area contributed by atoms with E-state index >= 15 is 0 Å². The number of aryl methyl sites for hydroxylation is 1. The number of likely N-dealkylation sites (tertiary alicyclic amines) is 1. The van der Waals surface area contributed by atoms with Crippen molar-refractivity contribution in [2.24, 2.45) is 5.92 Å². The van der Waals surface area contributed by atoms with Gasteiger partial charge in [0, 0.05) is 16.6 Å². The molecular weight excluding hydrogens is 316 g/mol. The highest BCUT2D eigenvalue weighted by Gasteiger charge is 2.18. The fourth-order valence-corrected chi connectivity index (χ4v) is 2.96. The predicted octanol–water partition coefficient (Wildman–Crippen LogP) is 3.22. The first-order chi connectivity index (χ1) is 9.60. The molecule has 1 heterocycles. The summed E-state index contributed by atoms with van der Waals surface area (Å²) in [6.45, 7) is 8.48. The lowest BCUT2D eigenvalue weighted by atomic mass is 9.96. The highest BCUT2D eigenvalue weighted by Crippen LogP contribution is 2.18. The number of nitrogens with zero attached hydrogens (tertiary/aromatic N) is 1. The summed E-state index contributed by atoms with van der Waals surface area (Å²) in [6.07, 6.45) is 2.37. The minimum absolute atomic E-state index is 0.0311. The SMILES string of the molecule is CCN1CCC(CNC(=O)c2ccc(C)c(Br)c2)CC1.